The summed E-state index contributed by atoms with van der Waals surface area (Å²) in [6.45, 7) is 3.37. The molecule has 2 heterocycles. The lowest BCUT2D eigenvalue weighted by Crippen LogP contribution is -2.48. The van der Waals surface area contributed by atoms with E-state index in [0.29, 0.717) is 32.5 Å². The third-order valence-corrected chi connectivity index (χ3v) is 4.45. The lowest BCUT2D eigenvalue weighted by molar-refractivity contribution is -0.274. The average Bonchev–Trinajstić information content (AvgIpc) is 3.14. The highest BCUT2D eigenvalue weighted by atomic mass is 19.4. The first-order chi connectivity index (χ1) is 12.9. The van der Waals surface area contributed by atoms with Crippen LogP contribution in [0.1, 0.15) is 17.7 Å². The molecule has 0 bridgehead atoms. The van der Waals surface area contributed by atoms with Crippen molar-refractivity contribution in [1.82, 2.24) is 9.80 Å². The summed E-state index contributed by atoms with van der Waals surface area (Å²) in [4.78, 5) is 16.3. The topological polar surface area (TPSA) is 45.9 Å². The summed E-state index contributed by atoms with van der Waals surface area (Å²) in [6.07, 6.45) is -2.06. The molecular formula is C19H21F3N2O3. The normalized spacial score (nSPS) is 15.7. The van der Waals surface area contributed by atoms with Crippen LogP contribution in [0, 0.1) is 0 Å². The molecule has 0 unspecified atom stereocenters. The Morgan fingerprint density at radius 1 is 1.07 bits per heavy atom. The van der Waals surface area contributed by atoms with Gasteiger partial charge in [-0.15, -0.1) is 13.2 Å². The second kappa shape index (κ2) is 8.47. The van der Waals surface area contributed by atoms with Crippen molar-refractivity contribution in [3.05, 3.63) is 54.0 Å². The Labute approximate surface area is 155 Å². The number of furan rings is 1. The van der Waals surface area contributed by atoms with Crippen molar-refractivity contribution < 1.29 is 27.1 Å². The molecule has 5 nitrogen and oxygen atoms in total. The smallest absolute Gasteiger partial charge is 0.469 e. The maximum absolute atomic E-state index is 12.3. The minimum absolute atomic E-state index is 0.111. The standard InChI is InChI=1S/C19H21F3N2O3/c20-19(21,22)27-17-5-3-15(4-6-17)14-23-9-11-24(12-10-23)18(25)8-7-16-2-1-13-26-16/h1-6,13H,7-12,14H2. The van der Waals surface area contributed by atoms with E-state index in [-0.39, 0.29) is 11.7 Å². The monoisotopic (exact) mass is 382 g/mol. The van der Waals surface area contributed by atoms with Gasteiger partial charge in [0.05, 0.1) is 6.26 Å². The maximum atomic E-state index is 12.3. The van der Waals surface area contributed by atoms with Crippen molar-refractivity contribution >= 4 is 5.91 Å². The highest BCUT2D eigenvalue weighted by Gasteiger charge is 2.31. The Bertz CT molecular complexity index is 722. The fourth-order valence-corrected chi connectivity index (χ4v) is 3.05. The summed E-state index contributed by atoms with van der Waals surface area (Å²) in [5.41, 5.74) is 0.905. The first-order valence-electron chi connectivity index (χ1n) is 8.76. The van der Waals surface area contributed by atoms with Crippen molar-refractivity contribution in [3.8, 4) is 5.75 Å². The molecule has 1 aromatic carbocycles. The molecule has 146 valence electrons. The molecule has 0 atom stereocenters. The van der Waals surface area contributed by atoms with Crippen molar-refractivity contribution in [2.45, 2.75) is 25.7 Å². The minimum atomic E-state index is -4.68. The summed E-state index contributed by atoms with van der Waals surface area (Å²) in [7, 11) is 0. The second-order valence-electron chi connectivity index (χ2n) is 6.43. The largest absolute Gasteiger partial charge is 0.573 e. The van der Waals surface area contributed by atoms with Gasteiger partial charge in [0.2, 0.25) is 5.91 Å². The van der Waals surface area contributed by atoms with Crippen molar-refractivity contribution in [2.75, 3.05) is 26.2 Å². The molecule has 1 aliphatic heterocycles. The van der Waals surface area contributed by atoms with Crippen LogP contribution >= 0.6 is 0 Å². The van der Waals surface area contributed by atoms with Crippen molar-refractivity contribution in [1.29, 1.82) is 0 Å². The number of nitrogens with zero attached hydrogens (tertiary/aromatic N) is 2. The molecule has 0 spiro atoms. The summed E-state index contributed by atoms with van der Waals surface area (Å²) < 4.78 is 45.7. The molecule has 0 saturated carbocycles. The predicted molar refractivity (Wildman–Crippen MR) is 92.0 cm³/mol. The van der Waals surface area contributed by atoms with E-state index in [9.17, 15) is 18.0 Å². The number of carbonyl (C=O) groups is 1. The van der Waals surface area contributed by atoms with Gasteiger partial charge in [-0.2, -0.15) is 0 Å². The lowest BCUT2D eigenvalue weighted by Gasteiger charge is -2.34. The van der Waals surface area contributed by atoms with Gasteiger partial charge in [0, 0.05) is 45.6 Å². The fraction of sp³-hybridized carbons (Fsp3) is 0.421. The Hall–Kier alpha value is -2.48. The molecule has 1 saturated heterocycles. The van der Waals surface area contributed by atoms with Gasteiger partial charge >= 0.3 is 6.36 Å². The number of amides is 1. The fourth-order valence-electron chi connectivity index (χ4n) is 3.05. The molecule has 1 aromatic heterocycles. The van der Waals surface area contributed by atoms with Gasteiger partial charge in [0.25, 0.3) is 0 Å². The lowest BCUT2D eigenvalue weighted by atomic mass is 10.1. The van der Waals surface area contributed by atoms with E-state index in [1.165, 1.54) is 12.1 Å². The number of carbonyl (C=O) groups excluding carboxylic acids is 1. The summed E-state index contributed by atoms with van der Waals surface area (Å²) in [5, 5.41) is 0. The Morgan fingerprint density at radius 3 is 2.37 bits per heavy atom. The zero-order valence-electron chi connectivity index (χ0n) is 14.7. The minimum Gasteiger partial charge on any atom is -0.469 e. The van der Waals surface area contributed by atoms with Crippen LogP contribution in [-0.2, 0) is 17.8 Å². The number of halogens is 3. The van der Waals surface area contributed by atoms with Crippen molar-refractivity contribution in [3.63, 3.8) is 0 Å². The number of rotatable bonds is 6. The number of alkyl halides is 3. The molecule has 1 fully saturated rings. The Morgan fingerprint density at radius 2 is 1.78 bits per heavy atom. The number of ether oxygens (including phenoxy) is 1. The van der Waals surface area contributed by atoms with Gasteiger partial charge < -0.3 is 14.1 Å². The highest BCUT2D eigenvalue weighted by Crippen LogP contribution is 2.23. The van der Waals surface area contributed by atoms with E-state index in [2.05, 4.69) is 9.64 Å². The SMILES string of the molecule is O=C(CCc1ccco1)N1CCN(Cc2ccc(OC(F)(F)F)cc2)CC1. The summed E-state index contributed by atoms with van der Waals surface area (Å²) in [5.74, 6) is 0.692. The van der Waals surface area contributed by atoms with E-state index in [1.54, 1.807) is 24.5 Å². The van der Waals surface area contributed by atoms with Crippen LogP contribution in [0.5, 0.6) is 5.75 Å². The number of hydrogen-bond acceptors (Lipinski definition) is 4. The molecule has 2 aromatic rings. The molecule has 1 amide bonds. The second-order valence-corrected chi connectivity index (χ2v) is 6.43. The molecule has 0 N–H and O–H groups in total. The van der Waals surface area contributed by atoms with Gasteiger partial charge in [0.1, 0.15) is 11.5 Å². The number of piperazine rings is 1. The van der Waals surface area contributed by atoms with E-state index in [4.69, 9.17) is 4.42 Å². The van der Waals surface area contributed by atoms with Gasteiger partial charge in [-0.1, -0.05) is 12.1 Å². The van der Waals surface area contributed by atoms with E-state index >= 15 is 0 Å². The molecular weight excluding hydrogens is 361 g/mol. The first kappa shape index (κ1) is 19.3. The third-order valence-electron chi connectivity index (χ3n) is 4.45. The van der Waals surface area contributed by atoms with Crippen molar-refractivity contribution in [2.24, 2.45) is 0 Å². The van der Waals surface area contributed by atoms with Gasteiger partial charge in [-0.05, 0) is 29.8 Å². The maximum Gasteiger partial charge on any atom is 0.573 e. The third kappa shape index (κ3) is 6.02. The zero-order chi connectivity index (χ0) is 19.3. The van der Waals surface area contributed by atoms with Crippen LogP contribution in [-0.4, -0.2) is 48.2 Å². The number of aryl methyl sites for hydroxylation is 1. The molecule has 27 heavy (non-hydrogen) atoms. The van der Waals surface area contributed by atoms with Crippen LogP contribution in [0.2, 0.25) is 0 Å². The van der Waals surface area contributed by atoms with Gasteiger partial charge in [-0.25, -0.2) is 0 Å². The highest BCUT2D eigenvalue weighted by molar-refractivity contribution is 5.76. The summed E-state index contributed by atoms with van der Waals surface area (Å²) >= 11 is 0. The van der Waals surface area contributed by atoms with Crippen LogP contribution < -0.4 is 4.74 Å². The van der Waals surface area contributed by atoms with Crippen LogP contribution in [0.4, 0.5) is 13.2 Å². The molecule has 0 radical (unpaired) electrons. The molecule has 3 rings (SSSR count). The quantitative estimate of drug-likeness (QED) is 0.768. The number of hydrogen-bond donors (Lipinski definition) is 0. The van der Waals surface area contributed by atoms with Gasteiger partial charge in [0.15, 0.2) is 0 Å². The zero-order valence-corrected chi connectivity index (χ0v) is 14.7. The predicted octanol–water partition coefficient (Wildman–Crippen LogP) is 3.46. The van der Waals surface area contributed by atoms with E-state index in [0.717, 1.165) is 24.4 Å². The van der Waals surface area contributed by atoms with E-state index < -0.39 is 6.36 Å². The van der Waals surface area contributed by atoms with Crippen LogP contribution in [0.15, 0.2) is 47.1 Å². The van der Waals surface area contributed by atoms with Crippen LogP contribution in [0.3, 0.4) is 0 Å². The first-order valence-corrected chi connectivity index (χ1v) is 8.76. The average molecular weight is 382 g/mol. The van der Waals surface area contributed by atoms with Gasteiger partial charge in [-0.3, -0.25) is 9.69 Å². The van der Waals surface area contributed by atoms with Crippen LogP contribution in [0.25, 0.3) is 0 Å². The Kier molecular flexibility index (Phi) is 6.05. The summed E-state index contributed by atoms with van der Waals surface area (Å²) in [6, 6.07) is 9.55. The number of benzene rings is 1. The molecule has 8 heteroatoms. The Balaban J connectivity index is 1.42. The molecule has 0 aliphatic carbocycles. The van der Waals surface area contributed by atoms with E-state index in [1.807, 2.05) is 11.0 Å². The molecule has 1 aliphatic rings.